The molecule has 6 nitrogen and oxygen atoms in total. The zero-order valence-corrected chi connectivity index (χ0v) is 15.7. The van der Waals surface area contributed by atoms with E-state index in [4.69, 9.17) is 19.5 Å². The molecule has 4 aliphatic rings. The summed E-state index contributed by atoms with van der Waals surface area (Å²) >= 11 is 1.86. The van der Waals surface area contributed by atoms with E-state index in [-0.39, 0.29) is 11.8 Å². The lowest BCUT2D eigenvalue weighted by Crippen LogP contribution is -2.42. The molecule has 0 aromatic heterocycles. The predicted octanol–water partition coefficient (Wildman–Crippen LogP) is 2.12. The molecule has 0 bridgehead atoms. The summed E-state index contributed by atoms with van der Waals surface area (Å²) in [6.07, 6.45) is 9.89. The molecular formula is C19H25N3O3S. The number of hydrogen-bond donors (Lipinski definition) is 1. The summed E-state index contributed by atoms with van der Waals surface area (Å²) in [5, 5.41) is 3.55. The quantitative estimate of drug-likeness (QED) is 0.817. The first kappa shape index (κ1) is 17.9. The number of amidine groups is 1. The third-order valence-corrected chi connectivity index (χ3v) is 6.42. The van der Waals surface area contributed by atoms with Gasteiger partial charge in [0.25, 0.3) is 0 Å². The maximum absolute atomic E-state index is 12.4. The first-order valence-electron chi connectivity index (χ1n) is 9.41. The van der Waals surface area contributed by atoms with E-state index in [1.807, 2.05) is 30.0 Å². The van der Waals surface area contributed by atoms with Crippen molar-refractivity contribution in [1.82, 2.24) is 5.32 Å². The van der Waals surface area contributed by atoms with E-state index in [0.29, 0.717) is 11.3 Å². The number of thioether (sulfide) groups is 1. The van der Waals surface area contributed by atoms with Gasteiger partial charge in [0.05, 0.1) is 29.1 Å². The highest BCUT2D eigenvalue weighted by atomic mass is 32.2. The van der Waals surface area contributed by atoms with Crippen molar-refractivity contribution in [2.45, 2.75) is 37.0 Å². The van der Waals surface area contributed by atoms with E-state index in [9.17, 15) is 4.79 Å². The van der Waals surface area contributed by atoms with E-state index in [1.54, 1.807) is 0 Å². The summed E-state index contributed by atoms with van der Waals surface area (Å²) in [5.41, 5.74) is 1.72. The highest BCUT2D eigenvalue weighted by Crippen LogP contribution is 2.26. The Morgan fingerprint density at radius 2 is 1.88 bits per heavy atom. The number of carbonyl (C=O) groups is 1. The Balaban J connectivity index is 1.43. The molecule has 4 rings (SSSR count). The topological polar surface area (TPSA) is 72.3 Å². The summed E-state index contributed by atoms with van der Waals surface area (Å²) in [7, 11) is 0. The fourth-order valence-electron chi connectivity index (χ4n) is 3.52. The van der Waals surface area contributed by atoms with Crippen LogP contribution in [0.3, 0.4) is 0 Å². The Morgan fingerprint density at radius 3 is 2.65 bits per heavy atom. The number of allylic oxidation sites excluding steroid dienone is 2. The molecule has 1 N–H and O–H groups in total. The zero-order chi connectivity index (χ0) is 17.8. The van der Waals surface area contributed by atoms with Gasteiger partial charge in [-0.15, -0.1) is 0 Å². The number of nitrogens with zero attached hydrogens (tertiary/aromatic N) is 2. The van der Waals surface area contributed by atoms with E-state index in [0.717, 1.165) is 75.1 Å². The lowest BCUT2D eigenvalue weighted by atomic mass is 9.96. The second kappa shape index (κ2) is 8.50. The summed E-state index contributed by atoms with van der Waals surface area (Å²) in [5.74, 6) is 1.21. The van der Waals surface area contributed by atoms with Gasteiger partial charge in [-0.2, -0.15) is 11.8 Å². The SMILES string of the molecule is O=C1NC(CSC2CCOCC2)=NC2=CC(=NC3CCOCC3)C=CC12. The molecule has 1 amide bonds. The number of amides is 1. The molecule has 140 valence electrons. The smallest absolute Gasteiger partial charge is 0.238 e. The first-order chi connectivity index (χ1) is 12.8. The molecule has 0 radical (unpaired) electrons. The van der Waals surface area contributed by atoms with Crippen molar-refractivity contribution in [2.75, 3.05) is 32.2 Å². The van der Waals surface area contributed by atoms with E-state index in [1.165, 1.54) is 0 Å². The molecule has 2 fully saturated rings. The Labute approximate surface area is 158 Å². The monoisotopic (exact) mass is 375 g/mol. The Hall–Kier alpha value is -1.44. The van der Waals surface area contributed by atoms with Gasteiger partial charge >= 0.3 is 0 Å². The molecule has 0 saturated carbocycles. The maximum atomic E-state index is 12.4. The lowest BCUT2D eigenvalue weighted by molar-refractivity contribution is -0.121. The van der Waals surface area contributed by atoms with Crippen molar-refractivity contribution in [3.8, 4) is 0 Å². The van der Waals surface area contributed by atoms with Gasteiger partial charge in [-0.05, 0) is 37.8 Å². The second-order valence-corrected chi connectivity index (χ2v) is 8.26. The minimum atomic E-state index is -0.291. The second-order valence-electron chi connectivity index (χ2n) is 6.97. The average molecular weight is 375 g/mol. The summed E-state index contributed by atoms with van der Waals surface area (Å²) < 4.78 is 10.8. The molecule has 1 unspecified atom stereocenters. The molecule has 3 aliphatic heterocycles. The summed E-state index contributed by atoms with van der Waals surface area (Å²) in [4.78, 5) is 21.9. The van der Waals surface area contributed by atoms with Crippen LogP contribution in [0.4, 0.5) is 0 Å². The number of ether oxygens (including phenoxy) is 2. The molecule has 26 heavy (non-hydrogen) atoms. The van der Waals surface area contributed by atoms with Crippen LogP contribution < -0.4 is 5.32 Å². The van der Waals surface area contributed by atoms with Crippen molar-refractivity contribution in [1.29, 1.82) is 0 Å². The molecule has 1 aliphatic carbocycles. The van der Waals surface area contributed by atoms with Crippen molar-refractivity contribution >= 4 is 29.2 Å². The molecule has 7 heteroatoms. The third-order valence-electron chi connectivity index (χ3n) is 5.03. The molecule has 2 saturated heterocycles. The molecule has 3 heterocycles. The van der Waals surface area contributed by atoms with Crippen molar-refractivity contribution in [3.05, 3.63) is 23.9 Å². The largest absolute Gasteiger partial charge is 0.381 e. The highest BCUT2D eigenvalue weighted by molar-refractivity contribution is 8.00. The Kier molecular flexibility index (Phi) is 5.87. The molecule has 1 atom stereocenters. The fourth-order valence-corrected chi connectivity index (χ4v) is 4.58. The van der Waals surface area contributed by atoms with Gasteiger partial charge in [-0.3, -0.25) is 9.79 Å². The minimum absolute atomic E-state index is 0.00944. The van der Waals surface area contributed by atoms with Crippen LogP contribution in [0.5, 0.6) is 0 Å². The van der Waals surface area contributed by atoms with Crippen LogP contribution in [0.25, 0.3) is 0 Å². The molecule has 0 aromatic carbocycles. The minimum Gasteiger partial charge on any atom is -0.381 e. The van der Waals surface area contributed by atoms with E-state index >= 15 is 0 Å². The van der Waals surface area contributed by atoms with Gasteiger partial charge in [0.1, 0.15) is 5.84 Å². The number of hydrogen-bond acceptors (Lipinski definition) is 6. The average Bonchev–Trinajstić information content (AvgIpc) is 2.68. The van der Waals surface area contributed by atoms with Crippen molar-refractivity contribution < 1.29 is 14.3 Å². The number of carbonyl (C=O) groups excluding carboxylic acids is 1. The predicted molar refractivity (Wildman–Crippen MR) is 104 cm³/mol. The van der Waals surface area contributed by atoms with Crippen LogP contribution in [0.15, 0.2) is 33.9 Å². The fraction of sp³-hybridized carbons (Fsp3) is 0.632. The number of rotatable bonds is 4. The first-order valence-corrected chi connectivity index (χ1v) is 10.5. The van der Waals surface area contributed by atoms with Crippen LogP contribution >= 0.6 is 11.8 Å². The van der Waals surface area contributed by atoms with Crippen LogP contribution in [0.2, 0.25) is 0 Å². The van der Waals surface area contributed by atoms with Gasteiger partial charge in [0.2, 0.25) is 5.91 Å². The number of aliphatic imine (C=N–C) groups is 2. The van der Waals surface area contributed by atoms with Crippen LogP contribution in [0.1, 0.15) is 25.7 Å². The van der Waals surface area contributed by atoms with Crippen LogP contribution in [0, 0.1) is 5.92 Å². The zero-order valence-electron chi connectivity index (χ0n) is 14.9. The lowest BCUT2D eigenvalue weighted by Gasteiger charge is -2.26. The van der Waals surface area contributed by atoms with Crippen LogP contribution in [-0.4, -0.2) is 60.9 Å². The van der Waals surface area contributed by atoms with E-state index in [2.05, 4.69) is 5.32 Å². The van der Waals surface area contributed by atoms with Gasteiger partial charge in [-0.1, -0.05) is 6.08 Å². The third kappa shape index (κ3) is 4.45. The normalized spacial score (nSPS) is 29.2. The van der Waals surface area contributed by atoms with Gasteiger partial charge in [0.15, 0.2) is 0 Å². The molecular weight excluding hydrogens is 350 g/mol. The Bertz CT molecular complexity index is 659. The maximum Gasteiger partial charge on any atom is 0.238 e. The highest BCUT2D eigenvalue weighted by Gasteiger charge is 2.29. The van der Waals surface area contributed by atoms with E-state index < -0.39 is 0 Å². The standard InChI is InChI=1S/C19H25N3O3S/c23-19-16-2-1-14(20-13-3-7-24-8-4-13)11-17(16)21-18(22-19)12-26-15-5-9-25-10-6-15/h1-2,11,13,15-16H,3-10,12H2,(H,21,22,23). The summed E-state index contributed by atoms with van der Waals surface area (Å²) in [6, 6.07) is 0.307. The summed E-state index contributed by atoms with van der Waals surface area (Å²) in [6.45, 7) is 3.22. The van der Waals surface area contributed by atoms with Gasteiger partial charge in [-0.25, -0.2) is 4.99 Å². The van der Waals surface area contributed by atoms with Gasteiger partial charge < -0.3 is 14.8 Å². The van der Waals surface area contributed by atoms with Crippen molar-refractivity contribution in [3.63, 3.8) is 0 Å². The number of fused-ring (bicyclic) bond motifs is 1. The van der Waals surface area contributed by atoms with Gasteiger partial charge in [0, 0.05) is 31.7 Å². The molecule has 0 aromatic rings. The Morgan fingerprint density at radius 1 is 1.15 bits per heavy atom. The molecule has 0 spiro atoms. The van der Waals surface area contributed by atoms with Crippen molar-refractivity contribution in [2.24, 2.45) is 15.9 Å². The number of nitrogens with one attached hydrogen (secondary N) is 1. The van der Waals surface area contributed by atoms with Crippen LogP contribution in [-0.2, 0) is 14.3 Å².